The lowest BCUT2D eigenvalue weighted by Gasteiger charge is -1.97. The van der Waals surface area contributed by atoms with E-state index < -0.39 is 10.9 Å². The van der Waals surface area contributed by atoms with Gasteiger partial charge in [0.2, 0.25) is 0 Å². The number of carbonyl (C=O) groups is 1. The molecular formula is C7H8N2O4S. The summed E-state index contributed by atoms with van der Waals surface area (Å²) in [7, 11) is 1.20. The van der Waals surface area contributed by atoms with E-state index >= 15 is 0 Å². The number of nitrogens with two attached hydrogens (primary N) is 1. The molecule has 0 saturated carbocycles. The Labute approximate surface area is 83.4 Å². The first kappa shape index (κ1) is 10.5. The maximum Gasteiger partial charge on any atom is 0.341 e. The zero-order valence-corrected chi connectivity index (χ0v) is 8.38. The number of thiophene rings is 1. The number of rotatable bonds is 2. The van der Waals surface area contributed by atoms with Crippen molar-refractivity contribution in [3.05, 3.63) is 21.2 Å². The van der Waals surface area contributed by atoms with Crippen molar-refractivity contribution in [2.24, 2.45) is 0 Å². The Morgan fingerprint density at radius 2 is 2.21 bits per heavy atom. The Morgan fingerprint density at radius 1 is 1.64 bits per heavy atom. The Bertz CT molecular complexity index is 399. The number of nitrogens with zero attached hydrogens (tertiary/aromatic N) is 1. The highest BCUT2D eigenvalue weighted by Crippen LogP contribution is 2.36. The second-order valence-corrected chi connectivity index (χ2v) is 3.55. The minimum absolute atomic E-state index is 0.0872. The molecule has 0 bridgehead atoms. The molecule has 0 radical (unpaired) electrons. The van der Waals surface area contributed by atoms with E-state index in [0.717, 1.165) is 11.3 Å². The van der Waals surface area contributed by atoms with Gasteiger partial charge in [0.05, 0.1) is 17.6 Å². The molecule has 1 aromatic heterocycles. The second kappa shape index (κ2) is 3.62. The normalized spacial score (nSPS) is 9.86. The number of nitrogen functional groups attached to an aromatic ring is 1. The number of esters is 1. The molecule has 0 unspecified atom stereocenters. The summed E-state index contributed by atoms with van der Waals surface area (Å²) in [6.07, 6.45) is 0. The fourth-order valence-corrected chi connectivity index (χ4v) is 1.93. The lowest BCUT2D eigenvalue weighted by atomic mass is 10.2. The monoisotopic (exact) mass is 216 g/mol. The van der Waals surface area contributed by atoms with Crippen LogP contribution in [0.2, 0.25) is 0 Å². The fraction of sp³-hybridized carbons (Fsp3) is 0.286. The molecule has 0 aliphatic rings. The van der Waals surface area contributed by atoms with Crippen LogP contribution in [0.25, 0.3) is 0 Å². The molecule has 76 valence electrons. The van der Waals surface area contributed by atoms with Crippen LogP contribution in [-0.2, 0) is 4.74 Å². The lowest BCUT2D eigenvalue weighted by molar-refractivity contribution is -0.380. The number of nitro groups is 1. The molecule has 14 heavy (non-hydrogen) atoms. The first-order valence-corrected chi connectivity index (χ1v) is 4.42. The molecule has 0 aliphatic heterocycles. The summed E-state index contributed by atoms with van der Waals surface area (Å²) in [5, 5.41) is 10.5. The minimum Gasteiger partial charge on any atom is -0.465 e. The number of anilines is 1. The number of hydrogen-bond donors (Lipinski definition) is 1. The zero-order chi connectivity index (χ0) is 10.9. The van der Waals surface area contributed by atoms with E-state index in [9.17, 15) is 14.9 Å². The number of methoxy groups -OCH3 is 1. The maximum absolute atomic E-state index is 11.2. The molecule has 0 aromatic carbocycles. The topological polar surface area (TPSA) is 95.5 Å². The summed E-state index contributed by atoms with van der Waals surface area (Å²) in [6, 6.07) is 0. The molecule has 7 heteroatoms. The van der Waals surface area contributed by atoms with Crippen LogP contribution in [0, 0.1) is 17.0 Å². The Balaban J connectivity index is 3.31. The molecular weight excluding hydrogens is 208 g/mol. The van der Waals surface area contributed by atoms with Crippen LogP contribution in [0.5, 0.6) is 0 Å². The SMILES string of the molecule is COC(=O)c1c(N)sc([N+](=O)[O-])c1C. The number of carbonyl (C=O) groups excluding carboxylic acids is 1. The molecule has 0 aliphatic carbocycles. The summed E-state index contributed by atoms with van der Waals surface area (Å²) in [6.45, 7) is 1.47. The summed E-state index contributed by atoms with van der Waals surface area (Å²) < 4.78 is 4.46. The molecule has 0 saturated heterocycles. The van der Waals surface area contributed by atoms with Crippen molar-refractivity contribution in [1.82, 2.24) is 0 Å². The Kier molecular flexibility index (Phi) is 2.70. The van der Waals surface area contributed by atoms with Gasteiger partial charge in [0.25, 0.3) is 0 Å². The van der Waals surface area contributed by atoms with Crippen LogP contribution in [0.1, 0.15) is 15.9 Å². The second-order valence-electron chi connectivity index (χ2n) is 2.52. The fourth-order valence-electron chi connectivity index (χ4n) is 1.05. The minimum atomic E-state index is -0.649. The molecule has 2 N–H and O–H groups in total. The highest BCUT2D eigenvalue weighted by atomic mass is 32.1. The van der Waals surface area contributed by atoms with Gasteiger partial charge in [-0.25, -0.2) is 4.79 Å². The smallest absolute Gasteiger partial charge is 0.341 e. The van der Waals surface area contributed by atoms with E-state index in [1.54, 1.807) is 0 Å². The van der Waals surface area contributed by atoms with Crippen molar-refractivity contribution >= 4 is 27.3 Å². The van der Waals surface area contributed by atoms with Crippen LogP contribution in [0.3, 0.4) is 0 Å². The van der Waals surface area contributed by atoms with Crippen molar-refractivity contribution in [2.45, 2.75) is 6.92 Å². The number of ether oxygens (including phenoxy) is 1. The zero-order valence-electron chi connectivity index (χ0n) is 7.57. The van der Waals surface area contributed by atoms with Crippen molar-refractivity contribution in [1.29, 1.82) is 0 Å². The number of hydrogen-bond acceptors (Lipinski definition) is 6. The van der Waals surface area contributed by atoms with E-state index in [2.05, 4.69) is 4.74 Å². The quantitative estimate of drug-likeness (QED) is 0.457. The largest absolute Gasteiger partial charge is 0.465 e. The van der Waals surface area contributed by atoms with Gasteiger partial charge in [0.1, 0.15) is 10.6 Å². The van der Waals surface area contributed by atoms with Gasteiger partial charge in [0.15, 0.2) is 0 Å². The summed E-state index contributed by atoms with van der Waals surface area (Å²) in [5.41, 5.74) is 5.81. The average Bonchev–Trinajstić information content (AvgIpc) is 2.41. The van der Waals surface area contributed by atoms with Crippen molar-refractivity contribution < 1.29 is 14.5 Å². The summed E-state index contributed by atoms with van der Waals surface area (Å²) in [4.78, 5) is 21.1. The Hall–Kier alpha value is -1.63. The average molecular weight is 216 g/mol. The lowest BCUT2D eigenvalue weighted by Crippen LogP contribution is -2.04. The molecule has 1 heterocycles. The molecule has 0 fully saturated rings. The van der Waals surface area contributed by atoms with Gasteiger partial charge in [-0.15, -0.1) is 0 Å². The third kappa shape index (κ3) is 1.53. The molecule has 1 aromatic rings. The predicted molar refractivity (Wildman–Crippen MR) is 51.5 cm³/mol. The third-order valence-electron chi connectivity index (χ3n) is 1.70. The van der Waals surface area contributed by atoms with Crippen LogP contribution in [0.4, 0.5) is 10.0 Å². The van der Waals surface area contributed by atoms with E-state index in [-0.39, 0.29) is 21.1 Å². The first-order chi connectivity index (χ1) is 6.49. The predicted octanol–water partition coefficient (Wildman–Crippen LogP) is 1.33. The van der Waals surface area contributed by atoms with Gasteiger partial charge in [-0.1, -0.05) is 0 Å². The summed E-state index contributed by atoms with van der Waals surface area (Å²) >= 11 is 0.771. The van der Waals surface area contributed by atoms with Crippen LogP contribution >= 0.6 is 11.3 Å². The molecule has 1 rings (SSSR count). The van der Waals surface area contributed by atoms with Crippen LogP contribution in [0.15, 0.2) is 0 Å². The van der Waals surface area contributed by atoms with E-state index in [0.29, 0.717) is 0 Å². The van der Waals surface area contributed by atoms with E-state index in [1.807, 2.05) is 0 Å². The molecule has 6 nitrogen and oxygen atoms in total. The molecule has 0 atom stereocenters. The third-order valence-corrected chi connectivity index (χ3v) is 2.78. The van der Waals surface area contributed by atoms with Gasteiger partial charge in [-0.3, -0.25) is 10.1 Å². The highest BCUT2D eigenvalue weighted by Gasteiger charge is 2.26. The molecule has 0 amide bonds. The van der Waals surface area contributed by atoms with Crippen LogP contribution < -0.4 is 5.73 Å². The van der Waals surface area contributed by atoms with E-state index in [4.69, 9.17) is 5.73 Å². The van der Waals surface area contributed by atoms with Gasteiger partial charge >= 0.3 is 11.0 Å². The van der Waals surface area contributed by atoms with Gasteiger partial charge in [-0.05, 0) is 18.3 Å². The maximum atomic E-state index is 11.2. The van der Waals surface area contributed by atoms with Crippen molar-refractivity contribution in [3.8, 4) is 0 Å². The Morgan fingerprint density at radius 3 is 2.57 bits per heavy atom. The van der Waals surface area contributed by atoms with Gasteiger partial charge < -0.3 is 10.5 Å². The first-order valence-electron chi connectivity index (χ1n) is 3.60. The van der Waals surface area contributed by atoms with Gasteiger partial charge in [0, 0.05) is 0 Å². The summed E-state index contributed by atoms with van der Waals surface area (Å²) in [5.74, 6) is -0.649. The van der Waals surface area contributed by atoms with Gasteiger partial charge in [-0.2, -0.15) is 0 Å². The molecule has 0 spiro atoms. The highest BCUT2D eigenvalue weighted by molar-refractivity contribution is 7.19. The van der Waals surface area contributed by atoms with Crippen molar-refractivity contribution in [3.63, 3.8) is 0 Å². The standard InChI is InChI=1S/C7H8N2O4S/c1-3-4(7(10)13-2)5(8)14-6(3)9(11)12/h8H2,1-2H3. The van der Waals surface area contributed by atoms with Crippen molar-refractivity contribution in [2.75, 3.05) is 12.8 Å². The van der Waals surface area contributed by atoms with Crippen LogP contribution in [-0.4, -0.2) is 18.0 Å². The van der Waals surface area contributed by atoms with E-state index in [1.165, 1.54) is 14.0 Å².